The van der Waals surface area contributed by atoms with Gasteiger partial charge in [-0.05, 0) is 122 Å². The van der Waals surface area contributed by atoms with Crippen molar-refractivity contribution in [2.45, 2.75) is 94.3 Å². The summed E-state index contributed by atoms with van der Waals surface area (Å²) in [4.78, 5) is 79.5. The average Bonchev–Trinajstić information content (AvgIpc) is 1.54. The molecule has 7 fully saturated rings. The van der Waals surface area contributed by atoms with Crippen LogP contribution in [0.15, 0.2) is 243 Å². The minimum absolute atomic E-state index is 0.0398. The molecule has 8 aromatic rings. The fourth-order valence-corrected chi connectivity index (χ4v) is 18.8. The largest absolute Gasteiger partial charge is 0.379 e. The number of amides is 4. The van der Waals surface area contributed by atoms with Gasteiger partial charge in [-0.2, -0.15) is 0 Å². The Labute approximate surface area is 630 Å². The topological polar surface area (TPSA) is 132 Å². The lowest BCUT2D eigenvalue weighted by Crippen LogP contribution is -2.45. The van der Waals surface area contributed by atoms with Crippen molar-refractivity contribution in [1.29, 1.82) is 0 Å². The van der Waals surface area contributed by atoms with Crippen LogP contribution < -0.4 is 0 Å². The normalized spacial score (nSPS) is 21.9. The van der Waals surface area contributed by atoms with Gasteiger partial charge < -0.3 is 33.8 Å². The number of ether oxygens (including phenoxy) is 3. The maximum Gasteiger partial charge on any atom is 0.248 e. The van der Waals surface area contributed by atoms with Crippen LogP contribution in [0.25, 0.3) is 0 Å². The van der Waals surface area contributed by atoms with Crippen LogP contribution in [0.5, 0.6) is 0 Å². The van der Waals surface area contributed by atoms with Crippen LogP contribution in [0.4, 0.5) is 0 Å². The fourth-order valence-electron chi connectivity index (χ4n) is 18.8. The highest BCUT2D eigenvalue weighted by Gasteiger charge is 2.58. The van der Waals surface area contributed by atoms with Crippen LogP contribution in [-0.2, 0) is 59.8 Å². The van der Waals surface area contributed by atoms with E-state index in [1.165, 1.54) is 0 Å². The lowest BCUT2D eigenvalue weighted by atomic mass is 9.66. The first-order chi connectivity index (χ1) is 52.0. The number of nitrogens with zero attached hydrogens (tertiary/aromatic N) is 6. The number of ketones is 1. The summed E-state index contributed by atoms with van der Waals surface area (Å²) in [6, 6.07) is 82.6. The van der Waals surface area contributed by atoms with E-state index in [4.69, 9.17) is 14.2 Å². The van der Waals surface area contributed by atoms with E-state index in [-0.39, 0.29) is 42.1 Å². The molecule has 556 valence electrons. The molecule has 15 rings (SSSR count). The van der Waals surface area contributed by atoms with Crippen LogP contribution in [0.3, 0.4) is 0 Å². The Morgan fingerprint density at radius 2 is 0.585 bits per heavy atom. The molecule has 14 nitrogen and oxygen atoms in total. The van der Waals surface area contributed by atoms with E-state index in [0.717, 1.165) is 175 Å². The third kappa shape index (κ3) is 15.8. The third-order valence-electron chi connectivity index (χ3n) is 24.0. The first-order valence-electron chi connectivity index (χ1n) is 39.3. The summed E-state index contributed by atoms with van der Waals surface area (Å²) in [5.41, 5.74) is 6.54. The summed E-state index contributed by atoms with van der Waals surface area (Å²) >= 11 is 0. The molecule has 8 aromatic carbocycles. The molecule has 7 aliphatic rings. The second kappa shape index (κ2) is 36.6. The Morgan fingerprint density at radius 1 is 0.311 bits per heavy atom. The van der Waals surface area contributed by atoms with Crippen molar-refractivity contribution in [1.82, 2.24) is 29.4 Å². The number of Topliss-reactive ketones (excluding diaryl/α,β-unsaturated/α-hetero) is 1. The van der Waals surface area contributed by atoms with E-state index in [0.29, 0.717) is 56.8 Å². The van der Waals surface area contributed by atoms with Crippen LogP contribution in [0.1, 0.15) is 117 Å². The Bertz CT molecular complexity index is 3890. The Morgan fingerprint density at radius 3 is 0.877 bits per heavy atom. The highest BCUT2D eigenvalue weighted by Crippen LogP contribution is 2.52. The van der Waals surface area contributed by atoms with E-state index < -0.39 is 21.7 Å². The highest BCUT2D eigenvalue weighted by atomic mass is 16.5. The molecule has 1 aliphatic carbocycles. The lowest BCUT2D eigenvalue weighted by Gasteiger charge is -2.37. The number of likely N-dealkylation sites (N-methyl/N-ethyl adjacent to an activating group) is 3. The summed E-state index contributed by atoms with van der Waals surface area (Å²) < 4.78 is 16.2. The molecule has 0 spiro atoms. The summed E-state index contributed by atoms with van der Waals surface area (Å²) in [6.07, 6.45) is 6.65. The van der Waals surface area contributed by atoms with Crippen molar-refractivity contribution in [3.8, 4) is 0 Å². The zero-order valence-corrected chi connectivity index (χ0v) is 62.9. The van der Waals surface area contributed by atoms with Crippen molar-refractivity contribution in [2.75, 3.05) is 131 Å². The minimum atomic E-state index is -0.714. The lowest BCUT2D eigenvalue weighted by molar-refractivity contribution is -0.142. The SMILES string of the molecule is CCCC1CN(CC)C(=O)C1(c1ccccc1)c1ccccc1.CCN1CC(CCN2CCOCC2)C(c2ccccc2)(c2ccccc2)C1=O.CCN1CC(CCN2CCOCC2=O)C(c2ccccc2)(c2ccccc2)C1=O.O=C1CCC(CCN2CCOCC2)C1(c1ccccc1)c1ccccc1. The maximum absolute atomic E-state index is 13.8. The molecule has 0 aromatic heterocycles. The van der Waals surface area contributed by atoms with Gasteiger partial charge in [0, 0.05) is 96.8 Å². The highest BCUT2D eigenvalue weighted by molar-refractivity contribution is 5.98. The molecular formula is C92H110N6O8. The summed E-state index contributed by atoms with van der Waals surface area (Å²) in [7, 11) is 0. The summed E-state index contributed by atoms with van der Waals surface area (Å²) in [5.74, 6) is 2.11. The van der Waals surface area contributed by atoms with Crippen molar-refractivity contribution < 1.29 is 38.2 Å². The Kier molecular flexibility index (Phi) is 26.5. The molecule has 6 saturated heterocycles. The summed E-state index contributed by atoms with van der Waals surface area (Å²) in [5, 5.41) is 0. The third-order valence-corrected chi connectivity index (χ3v) is 24.0. The van der Waals surface area contributed by atoms with Gasteiger partial charge in [0.15, 0.2) is 0 Å². The average molecular weight is 1430 g/mol. The number of carbonyl (C=O) groups is 5. The van der Waals surface area contributed by atoms with Gasteiger partial charge in [-0.15, -0.1) is 0 Å². The zero-order valence-electron chi connectivity index (χ0n) is 62.9. The van der Waals surface area contributed by atoms with Gasteiger partial charge in [-0.25, -0.2) is 0 Å². The van der Waals surface area contributed by atoms with Gasteiger partial charge in [-0.1, -0.05) is 256 Å². The number of likely N-dealkylation sites (tertiary alicyclic amines) is 3. The molecule has 14 heteroatoms. The van der Waals surface area contributed by atoms with Crippen molar-refractivity contribution in [3.63, 3.8) is 0 Å². The van der Waals surface area contributed by atoms with Gasteiger partial charge in [0.1, 0.15) is 28.6 Å². The van der Waals surface area contributed by atoms with Gasteiger partial charge in [0.05, 0.1) is 38.4 Å². The van der Waals surface area contributed by atoms with Crippen molar-refractivity contribution in [3.05, 3.63) is 287 Å². The predicted octanol–water partition coefficient (Wildman–Crippen LogP) is 13.8. The quantitative estimate of drug-likeness (QED) is 0.0646. The maximum atomic E-state index is 13.8. The molecule has 0 N–H and O–H groups in total. The molecule has 4 unspecified atom stereocenters. The number of morpholine rings is 3. The van der Waals surface area contributed by atoms with Gasteiger partial charge in [0.25, 0.3) is 0 Å². The van der Waals surface area contributed by atoms with Crippen molar-refractivity contribution >= 4 is 29.4 Å². The standard InChI is InChI=1S/C24H28N2O3.C24H30N2O2.C23H27NO2.C21H25NO/c1-2-25-17-21(13-14-26-15-16-29-18-22(26)27)24(23(25)28,19-9-5-3-6-10-19)20-11-7-4-8-12-20;1-2-26-19-22(13-14-25-15-17-28-18-16-25)24(23(26)27,20-9-5-3-6-10-20)21-11-7-4-8-12-21;25-22-12-11-21(13-14-24-15-17-26-18-16-24)23(22,19-7-3-1-4-8-19)20-9-5-2-6-10-20;1-3-11-19-16-22(4-2)20(23)21(19,17-12-7-5-8-13-17)18-14-9-6-10-15-18/h3-12,21H,2,13-18H2,1H3;3-12,22H,2,13-19H2,1H3;1-10,21H,11-18H2;5-10,12-15,19H,3-4,11,16H2,1-2H3. The van der Waals surface area contributed by atoms with Gasteiger partial charge in [-0.3, -0.25) is 33.8 Å². The van der Waals surface area contributed by atoms with E-state index in [2.05, 4.69) is 176 Å². The molecular weight excluding hydrogens is 1320 g/mol. The van der Waals surface area contributed by atoms with E-state index in [1.54, 1.807) is 0 Å². The molecule has 106 heavy (non-hydrogen) atoms. The van der Waals surface area contributed by atoms with Crippen LogP contribution >= 0.6 is 0 Å². The molecule has 0 bridgehead atoms. The van der Waals surface area contributed by atoms with Crippen LogP contribution in [0.2, 0.25) is 0 Å². The van der Waals surface area contributed by atoms with Crippen LogP contribution in [-0.4, -0.2) is 190 Å². The molecule has 4 amide bonds. The molecule has 1 saturated carbocycles. The number of carbonyl (C=O) groups excluding carboxylic acids is 5. The molecule has 4 atom stereocenters. The summed E-state index contributed by atoms with van der Waals surface area (Å²) in [6.45, 7) is 24.4. The second-order valence-corrected chi connectivity index (χ2v) is 29.4. The van der Waals surface area contributed by atoms with Crippen LogP contribution in [0, 0.1) is 23.7 Å². The number of hydrogen-bond donors (Lipinski definition) is 0. The first kappa shape index (κ1) is 76.7. The van der Waals surface area contributed by atoms with E-state index in [1.807, 2.05) is 124 Å². The van der Waals surface area contributed by atoms with E-state index in [9.17, 15) is 24.0 Å². The monoisotopic (exact) mass is 1430 g/mol. The van der Waals surface area contributed by atoms with E-state index >= 15 is 0 Å². The number of hydrogen-bond acceptors (Lipinski definition) is 10. The zero-order chi connectivity index (χ0) is 73.8. The molecule has 0 radical (unpaired) electrons. The number of rotatable bonds is 22. The smallest absolute Gasteiger partial charge is 0.248 e. The predicted molar refractivity (Wildman–Crippen MR) is 420 cm³/mol. The molecule has 6 heterocycles. The fraction of sp³-hybridized carbons (Fsp3) is 0.424. The minimum Gasteiger partial charge on any atom is -0.379 e. The first-order valence-corrected chi connectivity index (χ1v) is 39.3. The van der Waals surface area contributed by atoms with Gasteiger partial charge >= 0.3 is 0 Å². The Balaban J connectivity index is 0.000000133. The van der Waals surface area contributed by atoms with Gasteiger partial charge in [0.2, 0.25) is 23.6 Å². The Hall–Kier alpha value is -8.89. The molecule has 6 aliphatic heterocycles. The van der Waals surface area contributed by atoms with Crippen molar-refractivity contribution in [2.24, 2.45) is 23.7 Å². The second-order valence-electron chi connectivity index (χ2n) is 29.4. The number of benzene rings is 8.